The van der Waals surface area contributed by atoms with Crippen LogP contribution in [0.1, 0.15) is 30.3 Å². The van der Waals surface area contributed by atoms with Crippen molar-refractivity contribution in [2.24, 2.45) is 0 Å². The number of nitrogens with one attached hydrogen (secondary N) is 2. The maximum atomic E-state index is 9.08. The Hall–Kier alpha value is -1.97. The molecule has 4 nitrogen and oxygen atoms in total. The zero-order chi connectivity index (χ0) is 14.8. The molecule has 2 aromatic heterocycles. The number of aromatic nitrogens is 2. The van der Waals surface area contributed by atoms with Crippen LogP contribution < -0.4 is 4.72 Å². The molecule has 0 atom stereocenters. The van der Waals surface area contributed by atoms with Crippen molar-refractivity contribution >= 4 is 39.9 Å². The molecule has 0 amide bonds. The highest BCUT2D eigenvalue weighted by Crippen LogP contribution is 2.32. The van der Waals surface area contributed by atoms with Crippen LogP contribution in [0, 0.1) is 11.3 Å². The third-order valence-electron chi connectivity index (χ3n) is 3.09. The molecular weight excluding hydrogens is 300 g/mol. The number of nitrogens with zero attached hydrogens (tertiary/aromatic N) is 2. The monoisotopic (exact) mass is 314 g/mol. The number of anilines is 1. The van der Waals surface area contributed by atoms with E-state index in [1.165, 1.54) is 0 Å². The number of benzene rings is 1. The second-order valence-corrected chi connectivity index (χ2v) is 7.09. The van der Waals surface area contributed by atoms with Crippen LogP contribution in [0.15, 0.2) is 34.8 Å². The normalized spacial score (nSPS) is 11.0. The number of hydrogen-bond donors (Lipinski definition) is 2. The standard InChI is InChI=1S/C15H14N4S2/c1-9(2)15-18-8-13(20-15)21-19-12-5-3-4-11-10(6-16)7-17-14(11)12/h3-5,7-9,17,19H,1-2H3. The van der Waals surface area contributed by atoms with E-state index < -0.39 is 0 Å². The van der Waals surface area contributed by atoms with Gasteiger partial charge in [0.25, 0.3) is 0 Å². The molecule has 0 saturated heterocycles. The second kappa shape index (κ2) is 5.80. The number of hydrogen-bond acceptors (Lipinski definition) is 5. The largest absolute Gasteiger partial charge is 0.358 e. The summed E-state index contributed by atoms with van der Waals surface area (Å²) in [5.41, 5.74) is 2.59. The SMILES string of the molecule is CC(C)c1ncc(SNc2cccc3c(C#N)c[nH]c23)s1. The molecule has 0 radical (unpaired) electrons. The van der Waals surface area contributed by atoms with Crippen LogP contribution in [0.3, 0.4) is 0 Å². The lowest BCUT2D eigenvalue weighted by atomic mass is 10.2. The molecule has 3 aromatic rings. The van der Waals surface area contributed by atoms with E-state index in [9.17, 15) is 0 Å². The van der Waals surface area contributed by atoms with Gasteiger partial charge in [-0.05, 0) is 18.0 Å². The van der Waals surface area contributed by atoms with Gasteiger partial charge in [-0.2, -0.15) is 5.26 Å². The average Bonchev–Trinajstić information content (AvgIpc) is 3.11. The van der Waals surface area contributed by atoms with Crippen molar-refractivity contribution in [2.75, 3.05) is 4.72 Å². The van der Waals surface area contributed by atoms with Crippen molar-refractivity contribution in [3.8, 4) is 6.07 Å². The second-order valence-electron chi connectivity index (χ2n) is 4.92. The summed E-state index contributed by atoms with van der Waals surface area (Å²) in [6.07, 6.45) is 3.64. The van der Waals surface area contributed by atoms with E-state index >= 15 is 0 Å². The van der Waals surface area contributed by atoms with Gasteiger partial charge in [-0.15, -0.1) is 11.3 Å². The van der Waals surface area contributed by atoms with Gasteiger partial charge in [-0.1, -0.05) is 26.0 Å². The predicted molar refractivity (Wildman–Crippen MR) is 88.7 cm³/mol. The van der Waals surface area contributed by atoms with E-state index in [-0.39, 0.29) is 0 Å². The fourth-order valence-electron chi connectivity index (χ4n) is 2.02. The number of fused-ring (bicyclic) bond motifs is 1. The molecule has 1 aromatic carbocycles. The van der Waals surface area contributed by atoms with E-state index in [1.807, 2.05) is 24.4 Å². The van der Waals surface area contributed by atoms with Gasteiger partial charge in [-0.3, -0.25) is 0 Å². The average molecular weight is 314 g/mol. The van der Waals surface area contributed by atoms with Crippen LogP contribution in [-0.4, -0.2) is 9.97 Å². The third-order valence-corrected chi connectivity index (χ3v) is 5.31. The van der Waals surface area contributed by atoms with Gasteiger partial charge in [0.05, 0.1) is 28.0 Å². The Morgan fingerprint density at radius 2 is 2.29 bits per heavy atom. The first kappa shape index (κ1) is 14.0. The first-order valence-corrected chi connectivity index (χ1v) is 8.21. The quantitative estimate of drug-likeness (QED) is 0.683. The fraction of sp³-hybridized carbons (Fsp3) is 0.200. The number of aromatic amines is 1. The zero-order valence-corrected chi connectivity index (χ0v) is 13.3. The summed E-state index contributed by atoms with van der Waals surface area (Å²) in [6.45, 7) is 4.29. The smallest absolute Gasteiger partial charge is 0.101 e. The molecule has 0 aliphatic heterocycles. The van der Waals surface area contributed by atoms with Gasteiger partial charge in [0.15, 0.2) is 0 Å². The topological polar surface area (TPSA) is 64.5 Å². The molecule has 0 aliphatic rings. The van der Waals surface area contributed by atoms with E-state index in [4.69, 9.17) is 5.26 Å². The first-order chi connectivity index (χ1) is 10.2. The Labute approximate surface area is 131 Å². The Balaban J connectivity index is 1.82. The Kier molecular flexibility index (Phi) is 3.86. The lowest BCUT2D eigenvalue weighted by Gasteiger charge is -2.05. The lowest BCUT2D eigenvalue weighted by molar-refractivity contribution is 0.852. The van der Waals surface area contributed by atoms with Crippen molar-refractivity contribution in [1.82, 2.24) is 9.97 Å². The minimum Gasteiger partial charge on any atom is -0.358 e. The molecule has 2 N–H and O–H groups in total. The molecular formula is C15H14N4S2. The summed E-state index contributed by atoms with van der Waals surface area (Å²) in [5, 5.41) is 11.2. The highest BCUT2D eigenvalue weighted by molar-refractivity contribution is 8.02. The first-order valence-electron chi connectivity index (χ1n) is 6.58. The van der Waals surface area contributed by atoms with Gasteiger partial charge in [-0.25, -0.2) is 4.98 Å². The Bertz CT molecular complexity index is 811. The van der Waals surface area contributed by atoms with Gasteiger partial charge in [0.1, 0.15) is 10.3 Å². The number of rotatable bonds is 4. The third kappa shape index (κ3) is 2.75. The van der Waals surface area contributed by atoms with Crippen LogP contribution in [0.25, 0.3) is 10.9 Å². The van der Waals surface area contributed by atoms with E-state index in [0.717, 1.165) is 25.8 Å². The fourth-order valence-corrected chi connectivity index (χ4v) is 3.71. The summed E-state index contributed by atoms with van der Waals surface area (Å²) < 4.78 is 4.47. The molecule has 0 aliphatic carbocycles. The summed E-state index contributed by atoms with van der Waals surface area (Å²) >= 11 is 3.25. The van der Waals surface area contributed by atoms with Crippen LogP contribution in [0.4, 0.5) is 5.69 Å². The summed E-state index contributed by atoms with van der Waals surface area (Å²) in [4.78, 5) is 7.57. The van der Waals surface area contributed by atoms with Crippen LogP contribution in [0.5, 0.6) is 0 Å². The molecule has 0 fully saturated rings. The van der Waals surface area contributed by atoms with Crippen molar-refractivity contribution < 1.29 is 0 Å². The number of H-pyrrole nitrogens is 1. The number of nitriles is 1. The highest BCUT2D eigenvalue weighted by atomic mass is 32.2. The predicted octanol–water partition coefficient (Wildman–Crippen LogP) is 4.74. The molecule has 0 unspecified atom stereocenters. The van der Waals surface area contributed by atoms with Gasteiger partial charge in [0, 0.05) is 17.5 Å². The molecule has 106 valence electrons. The minimum absolute atomic E-state index is 0.453. The van der Waals surface area contributed by atoms with Crippen LogP contribution in [0.2, 0.25) is 0 Å². The molecule has 21 heavy (non-hydrogen) atoms. The van der Waals surface area contributed by atoms with Crippen molar-refractivity contribution in [2.45, 2.75) is 24.0 Å². The summed E-state index contributed by atoms with van der Waals surface area (Å²) in [7, 11) is 0. The van der Waals surface area contributed by atoms with Crippen LogP contribution in [-0.2, 0) is 0 Å². The summed E-state index contributed by atoms with van der Waals surface area (Å²) in [6, 6.07) is 8.09. The maximum Gasteiger partial charge on any atom is 0.101 e. The molecule has 2 heterocycles. The zero-order valence-electron chi connectivity index (χ0n) is 11.7. The highest BCUT2D eigenvalue weighted by Gasteiger charge is 2.09. The van der Waals surface area contributed by atoms with Gasteiger partial charge >= 0.3 is 0 Å². The molecule has 0 bridgehead atoms. The van der Waals surface area contributed by atoms with Crippen molar-refractivity contribution in [3.05, 3.63) is 41.2 Å². The van der Waals surface area contributed by atoms with Gasteiger partial charge < -0.3 is 9.71 Å². The molecule has 0 saturated carbocycles. The van der Waals surface area contributed by atoms with E-state index in [1.54, 1.807) is 29.5 Å². The minimum atomic E-state index is 0.453. The Morgan fingerprint density at radius 3 is 3.00 bits per heavy atom. The Morgan fingerprint density at radius 1 is 1.43 bits per heavy atom. The molecule has 0 spiro atoms. The summed E-state index contributed by atoms with van der Waals surface area (Å²) in [5.74, 6) is 0.453. The van der Waals surface area contributed by atoms with Crippen molar-refractivity contribution in [1.29, 1.82) is 5.26 Å². The van der Waals surface area contributed by atoms with Gasteiger partial charge in [0.2, 0.25) is 0 Å². The maximum absolute atomic E-state index is 9.08. The number of para-hydroxylation sites is 1. The number of thiazole rings is 1. The molecule has 3 rings (SSSR count). The molecule has 6 heteroatoms. The van der Waals surface area contributed by atoms with E-state index in [2.05, 4.69) is 34.6 Å². The van der Waals surface area contributed by atoms with Crippen LogP contribution >= 0.6 is 23.3 Å². The van der Waals surface area contributed by atoms with E-state index in [0.29, 0.717) is 11.5 Å². The lowest BCUT2D eigenvalue weighted by Crippen LogP contribution is -1.86. The van der Waals surface area contributed by atoms with Crippen molar-refractivity contribution in [3.63, 3.8) is 0 Å².